The van der Waals surface area contributed by atoms with Gasteiger partial charge in [-0.3, -0.25) is 9.80 Å². The second kappa shape index (κ2) is 5.65. The molecule has 0 aromatic carbocycles. The van der Waals surface area contributed by atoms with Crippen molar-refractivity contribution in [3.05, 3.63) is 23.7 Å². The number of hydrogen-bond acceptors (Lipinski definition) is 4. The summed E-state index contributed by atoms with van der Waals surface area (Å²) in [6.07, 6.45) is 4.07. The van der Waals surface area contributed by atoms with Gasteiger partial charge in [-0.1, -0.05) is 6.42 Å². The summed E-state index contributed by atoms with van der Waals surface area (Å²) in [7, 11) is 0. The fourth-order valence-electron chi connectivity index (χ4n) is 3.43. The Morgan fingerprint density at radius 3 is 2.89 bits per heavy atom. The fraction of sp³-hybridized carbons (Fsp3) is 0.733. The minimum atomic E-state index is -0.00798. The first-order chi connectivity index (χ1) is 9.26. The third kappa shape index (κ3) is 2.86. The molecule has 3 rings (SSSR count). The summed E-state index contributed by atoms with van der Waals surface area (Å²) < 4.78 is 5.61. The number of furan rings is 1. The van der Waals surface area contributed by atoms with E-state index in [-0.39, 0.29) is 6.61 Å². The molecule has 2 aliphatic rings. The van der Waals surface area contributed by atoms with E-state index in [9.17, 15) is 0 Å². The highest BCUT2D eigenvalue weighted by Gasteiger charge is 2.33. The quantitative estimate of drug-likeness (QED) is 0.904. The van der Waals surface area contributed by atoms with Gasteiger partial charge >= 0.3 is 0 Å². The lowest BCUT2D eigenvalue weighted by atomic mass is 9.97. The van der Waals surface area contributed by atoms with E-state index in [1.54, 1.807) is 0 Å². The third-order valence-corrected chi connectivity index (χ3v) is 4.55. The van der Waals surface area contributed by atoms with Gasteiger partial charge in [0.05, 0.1) is 6.54 Å². The Morgan fingerprint density at radius 2 is 2.11 bits per heavy atom. The molecule has 2 atom stereocenters. The highest BCUT2D eigenvalue weighted by Crippen LogP contribution is 2.25. The van der Waals surface area contributed by atoms with Crippen LogP contribution in [0.1, 0.15) is 37.7 Å². The van der Waals surface area contributed by atoms with Crippen LogP contribution in [0.25, 0.3) is 0 Å². The summed E-state index contributed by atoms with van der Waals surface area (Å²) in [4.78, 5) is 5.18. The van der Waals surface area contributed by atoms with Crippen molar-refractivity contribution in [3.8, 4) is 0 Å². The van der Waals surface area contributed by atoms with Gasteiger partial charge in [-0.15, -0.1) is 0 Å². The Balaban J connectivity index is 1.63. The summed E-state index contributed by atoms with van der Waals surface area (Å²) in [6.45, 7) is 6.77. The molecule has 0 spiro atoms. The molecule has 0 bridgehead atoms. The molecule has 2 fully saturated rings. The summed E-state index contributed by atoms with van der Waals surface area (Å²) in [5.74, 6) is 1.64. The Morgan fingerprint density at radius 1 is 1.26 bits per heavy atom. The predicted molar refractivity (Wildman–Crippen MR) is 73.7 cm³/mol. The van der Waals surface area contributed by atoms with Crippen LogP contribution in [0.15, 0.2) is 16.5 Å². The van der Waals surface area contributed by atoms with Gasteiger partial charge in [0.1, 0.15) is 18.1 Å². The fourth-order valence-corrected chi connectivity index (χ4v) is 3.43. The van der Waals surface area contributed by atoms with E-state index in [0.717, 1.165) is 24.9 Å². The number of fused-ring (bicyclic) bond motifs is 1. The molecule has 2 aliphatic heterocycles. The SMILES string of the molecule is CC1CN2CCCCC2CN1Cc1ccc(CO)o1. The van der Waals surface area contributed by atoms with Crippen LogP contribution in [-0.2, 0) is 13.2 Å². The normalized spacial score (nSPS) is 29.4. The van der Waals surface area contributed by atoms with E-state index in [4.69, 9.17) is 9.52 Å². The predicted octanol–water partition coefficient (Wildman–Crippen LogP) is 1.83. The van der Waals surface area contributed by atoms with Crippen molar-refractivity contribution >= 4 is 0 Å². The maximum Gasteiger partial charge on any atom is 0.129 e. The van der Waals surface area contributed by atoms with Gasteiger partial charge in [-0.05, 0) is 38.4 Å². The molecule has 0 saturated carbocycles. The van der Waals surface area contributed by atoms with Crippen molar-refractivity contribution in [2.24, 2.45) is 0 Å². The van der Waals surface area contributed by atoms with Crippen molar-refractivity contribution in [1.29, 1.82) is 0 Å². The monoisotopic (exact) mass is 264 g/mol. The van der Waals surface area contributed by atoms with Gasteiger partial charge in [0.25, 0.3) is 0 Å². The van der Waals surface area contributed by atoms with E-state index >= 15 is 0 Å². The Bertz CT molecular complexity index is 418. The van der Waals surface area contributed by atoms with Crippen LogP contribution < -0.4 is 0 Å². The number of piperazine rings is 1. The molecule has 2 unspecified atom stereocenters. The van der Waals surface area contributed by atoms with Gasteiger partial charge < -0.3 is 9.52 Å². The number of hydrogen-bond donors (Lipinski definition) is 1. The van der Waals surface area contributed by atoms with E-state index in [2.05, 4.69) is 16.7 Å². The highest BCUT2D eigenvalue weighted by molar-refractivity contribution is 5.07. The first-order valence-corrected chi connectivity index (χ1v) is 7.43. The standard InChI is InChI=1S/C15H24N2O2/c1-12-8-16-7-3-2-4-13(16)9-17(12)10-14-5-6-15(11-18)19-14/h5-6,12-13,18H,2-4,7-11H2,1H3. The molecular formula is C15H24N2O2. The molecule has 0 amide bonds. The molecule has 1 aromatic heterocycles. The summed E-state index contributed by atoms with van der Waals surface area (Å²) >= 11 is 0. The number of aliphatic hydroxyl groups is 1. The van der Waals surface area contributed by atoms with Crippen molar-refractivity contribution in [1.82, 2.24) is 9.80 Å². The molecular weight excluding hydrogens is 240 g/mol. The van der Waals surface area contributed by atoms with Crippen molar-refractivity contribution < 1.29 is 9.52 Å². The van der Waals surface area contributed by atoms with Gasteiger partial charge in [-0.2, -0.15) is 0 Å². The average molecular weight is 264 g/mol. The first kappa shape index (κ1) is 13.2. The molecule has 3 heterocycles. The van der Waals surface area contributed by atoms with Gasteiger partial charge in [-0.25, -0.2) is 0 Å². The van der Waals surface area contributed by atoms with E-state index in [0.29, 0.717) is 11.8 Å². The average Bonchev–Trinajstić information content (AvgIpc) is 2.87. The van der Waals surface area contributed by atoms with Crippen molar-refractivity contribution in [2.75, 3.05) is 19.6 Å². The van der Waals surface area contributed by atoms with E-state index < -0.39 is 0 Å². The second-order valence-electron chi connectivity index (χ2n) is 5.95. The zero-order chi connectivity index (χ0) is 13.2. The number of aliphatic hydroxyl groups excluding tert-OH is 1. The smallest absolute Gasteiger partial charge is 0.129 e. The summed E-state index contributed by atoms with van der Waals surface area (Å²) in [5, 5.41) is 9.05. The minimum Gasteiger partial charge on any atom is -0.462 e. The molecule has 1 N–H and O–H groups in total. The molecule has 4 nitrogen and oxygen atoms in total. The zero-order valence-corrected chi connectivity index (χ0v) is 11.7. The highest BCUT2D eigenvalue weighted by atomic mass is 16.4. The van der Waals surface area contributed by atoms with Gasteiger partial charge in [0.2, 0.25) is 0 Å². The molecule has 2 saturated heterocycles. The summed E-state index contributed by atoms with van der Waals surface area (Å²) in [6, 6.07) is 5.18. The van der Waals surface area contributed by atoms with Crippen LogP contribution >= 0.6 is 0 Å². The largest absolute Gasteiger partial charge is 0.462 e. The molecule has 1 aromatic rings. The molecule has 4 heteroatoms. The van der Waals surface area contributed by atoms with Crippen molar-refractivity contribution in [3.63, 3.8) is 0 Å². The Kier molecular flexibility index (Phi) is 3.91. The maximum absolute atomic E-state index is 9.05. The van der Waals surface area contributed by atoms with Crippen LogP contribution in [0.2, 0.25) is 0 Å². The van der Waals surface area contributed by atoms with E-state index in [1.807, 2.05) is 12.1 Å². The lowest BCUT2D eigenvalue weighted by molar-refractivity contribution is 0.00774. The lowest BCUT2D eigenvalue weighted by Gasteiger charge is -2.47. The first-order valence-electron chi connectivity index (χ1n) is 7.43. The minimum absolute atomic E-state index is 0.00798. The Labute approximate surface area is 115 Å². The molecule has 0 radical (unpaired) electrons. The van der Waals surface area contributed by atoms with Gasteiger partial charge in [0, 0.05) is 25.2 Å². The van der Waals surface area contributed by atoms with Crippen molar-refractivity contribution in [2.45, 2.75) is 51.4 Å². The zero-order valence-electron chi connectivity index (χ0n) is 11.7. The lowest BCUT2D eigenvalue weighted by Crippen LogP contribution is -2.58. The van der Waals surface area contributed by atoms with Crippen LogP contribution in [0.5, 0.6) is 0 Å². The van der Waals surface area contributed by atoms with E-state index in [1.165, 1.54) is 32.4 Å². The molecule has 0 aliphatic carbocycles. The number of piperidine rings is 1. The molecule has 19 heavy (non-hydrogen) atoms. The number of nitrogens with zero attached hydrogens (tertiary/aromatic N) is 2. The third-order valence-electron chi connectivity index (χ3n) is 4.55. The Hall–Kier alpha value is -0.840. The van der Waals surface area contributed by atoms with Crippen LogP contribution in [0.4, 0.5) is 0 Å². The second-order valence-corrected chi connectivity index (χ2v) is 5.95. The van der Waals surface area contributed by atoms with Crippen LogP contribution in [0.3, 0.4) is 0 Å². The van der Waals surface area contributed by atoms with Gasteiger partial charge in [0.15, 0.2) is 0 Å². The summed E-state index contributed by atoms with van der Waals surface area (Å²) in [5.41, 5.74) is 0. The molecule has 106 valence electrons. The topological polar surface area (TPSA) is 39.9 Å². The van der Waals surface area contributed by atoms with Crippen LogP contribution in [0, 0.1) is 0 Å². The van der Waals surface area contributed by atoms with Crippen LogP contribution in [-0.4, -0.2) is 46.6 Å². The number of rotatable bonds is 3. The maximum atomic E-state index is 9.05.